The first-order valence-electron chi connectivity index (χ1n) is 5.37. The highest BCUT2D eigenvalue weighted by molar-refractivity contribution is 5.82. The van der Waals surface area contributed by atoms with Crippen LogP contribution in [0.15, 0.2) is 12.3 Å². The zero-order valence-electron chi connectivity index (χ0n) is 8.83. The Morgan fingerprint density at radius 2 is 2.44 bits per heavy atom. The molecular weight excluding hydrogens is 210 g/mol. The average Bonchev–Trinajstić information content (AvgIpc) is 2.83. The van der Waals surface area contributed by atoms with E-state index in [4.69, 9.17) is 0 Å². The zero-order valence-corrected chi connectivity index (χ0v) is 8.83. The van der Waals surface area contributed by atoms with Gasteiger partial charge in [0.15, 0.2) is 0 Å². The molecule has 6 heteroatoms. The summed E-state index contributed by atoms with van der Waals surface area (Å²) in [6.07, 6.45) is 4.92. The summed E-state index contributed by atoms with van der Waals surface area (Å²) < 4.78 is 1.53. The normalized spacial score (nSPS) is 20.2. The summed E-state index contributed by atoms with van der Waals surface area (Å²) in [5.74, 6) is 0.308. The van der Waals surface area contributed by atoms with E-state index in [1.54, 1.807) is 6.20 Å². The lowest BCUT2D eigenvalue weighted by Gasteiger charge is -2.04. The van der Waals surface area contributed by atoms with Gasteiger partial charge in [0, 0.05) is 12.3 Å². The molecule has 0 aromatic carbocycles. The van der Waals surface area contributed by atoms with Crippen molar-refractivity contribution in [2.75, 3.05) is 0 Å². The fourth-order valence-electron chi connectivity index (χ4n) is 2.05. The van der Waals surface area contributed by atoms with E-state index in [1.165, 1.54) is 10.7 Å². The average molecular weight is 223 g/mol. The van der Waals surface area contributed by atoms with Crippen molar-refractivity contribution in [3.05, 3.63) is 22.4 Å². The molecule has 0 radical (unpaired) electrons. The molecule has 2 rings (SSSR count). The van der Waals surface area contributed by atoms with Crippen LogP contribution in [0.2, 0.25) is 0 Å². The van der Waals surface area contributed by atoms with E-state index in [0.29, 0.717) is 18.7 Å². The second-order valence-corrected chi connectivity index (χ2v) is 4.04. The monoisotopic (exact) mass is 223 g/mol. The minimum Gasteiger partial charge on any atom is -0.358 e. The quantitative estimate of drug-likeness (QED) is 0.573. The predicted octanol–water partition coefficient (Wildman–Crippen LogP) is 1.55. The highest BCUT2D eigenvalue weighted by atomic mass is 16.6. The van der Waals surface area contributed by atoms with Gasteiger partial charge in [-0.15, -0.1) is 0 Å². The smallest absolute Gasteiger partial charge is 0.358 e. The Hall–Kier alpha value is -1.72. The Kier molecular flexibility index (Phi) is 2.98. The van der Waals surface area contributed by atoms with E-state index in [-0.39, 0.29) is 11.7 Å². The third-order valence-corrected chi connectivity index (χ3v) is 2.95. The molecule has 1 atom stereocenters. The summed E-state index contributed by atoms with van der Waals surface area (Å²) >= 11 is 0. The number of carbonyl (C=O) groups is 1. The van der Waals surface area contributed by atoms with Gasteiger partial charge >= 0.3 is 5.82 Å². The molecule has 16 heavy (non-hydrogen) atoms. The molecule has 1 fully saturated rings. The van der Waals surface area contributed by atoms with E-state index in [1.807, 2.05) is 0 Å². The molecular formula is C10H13N3O3. The van der Waals surface area contributed by atoms with E-state index in [9.17, 15) is 14.9 Å². The Morgan fingerprint density at radius 3 is 3.00 bits per heavy atom. The Balaban J connectivity index is 1.89. The van der Waals surface area contributed by atoms with Crippen LogP contribution < -0.4 is 0 Å². The van der Waals surface area contributed by atoms with Gasteiger partial charge in [0.05, 0.1) is 23.9 Å². The maximum atomic E-state index is 11.4. The number of rotatable bonds is 4. The summed E-state index contributed by atoms with van der Waals surface area (Å²) in [5, 5.41) is 14.2. The second kappa shape index (κ2) is 4.42. The molecule has 1 aromatic heterocycles. The molecule has 0 N–H and O–H groups in total. The van der Waals surface area contributed by atoms with Crippen LogP contribution in [0.1, 0.15) is 25.7 Å². The summed E-state index contributed by atoms with van der Waals surface area (Å²) in [4.78, 5) is 21.3. The van der Waals surface area contributed by atoms with Gasteiger partial charge in [-0.05, 0) is 24.2 Å². The van der Waals surface area contributed by atoms with E-state index in [2.05, 4.69) is 5.10 Å². The maximum Gasteiger partial charge on any atom is 0.389 e. The minimum absolute atomic E-state index is 0.128. The molecule has 1 aliphatic carbocycles. The number of nitro groups is 1. The molecule has 1 aromatic rings. The number of carbonyl (C=O) groups excluding carboxylic acids is 1. The van der Waals surface area contributed by atoms with Gasteiger partial charge in [-0.3, -0.25) is 4.79 Å². The van der Waals surface area contributed by atoms with Crippen molar-refractivity contribution in [3.8, 4) is 0 Å². The van der Waals surface area contributed by atoms with Gasteiger partial charge < -0.3 is 10.1 Å². The standard InChI is InChI=1S/C10H13N3O3/c14-9-3-1-2-8(9)4-6-12-7-5-10(11-12)13(15)16/h5,7-8H,1-4,6H2. The first kappa shape index (κ1) is 10.8. The molecule has 1 heterocycles. The van der Waals surface area contributed by atoms with Crippen LogP contribution in [-0.2, 0) is 11.3 Å². The number of ketones is 1. The number of Topliss-reactive ketones (excluding diaryl/α,β-unsaturated/α-hetero) is 1. The summed E-state index contributed by atoms with van der Waals surface area (Å²) in [6.45, 7) is 0.574. The van der Waals surface area contributed by atoms with Crippen molar-refractivity contribution in [2.24, 2.45) is 5.92 Å². The number of aromatic nitrogens is 2. The van der Waals surface area contributed by atoms with Crippen molar-refractivity contribution in [3.63, 3.8) is 0 Å². The van der Waals surface area contributed by atoms with Gasteiger partial charge in [0.25, 0.3) is 0 Å². The van der Waals surface area contributed by atoms with Crippen LogP contribution >= 0.6 is 0 Å². The van der Waals surface area contributed by atoms with E-state index < -0.39 is 4.92 Å². The van der Waals surface area contributed by atoms with Crippen molar-refractivity contribution in [2.45, 2.75) is 32.2 Å². The lowest BCUT2D eigenvalue weighted by atomic mass is 10.0. The molecule has 1 saturated carbocycles. The topological polar surface area (TPSA) is 78.0 Å². The third-order valence-electron chi connectivity index (χ3n) is 2.95. The van der Waals surface area contributed by atoms with Gasteiger partial charge in [-0.2, -0.15) is 4.68 Å². The van der Waals surface area contributed by atoms with Crippen LogP contribution in [0, 0.1) is 16.0 Å². The lowest BCUT2D eigenvalue weighted by molar-refractivity contribution is -0.389. The van der Waals surface area contributed by atoms with Crippen LogP contribution in [0.3, 0.4) is 0 Å². The van der Waals surface area contributed by atoms with Crippen molar-refractivity contribution in [1.82, 2.24) is 9.78 Å². The summed E-state index contributed by atoms with van der Waals surface area (Å²) in [7, 11) is 0. The van der Waals surface area contributed by atoms with Crippen molar-refractivity contribution >= 4 is 11.6 Å². The van der Waals surface area contributed by atoms with Gasteiger partial charge in [-0.25, -0.2) is 0 Å². The lowest BCUT2D eigenvalue weighted by Crippen LogP contribution is -2.10. The molecule has 0 saturated heterocycles. The molecule has 1 aliphatic rings. The van der Waals surface area contributed by atoms with Gasteiger partial charge in [0.2, 0.25) is 0 Å². The minimum atomic E-state index is -0.517. The Bertz CT molecular complexity index is 413. The zero-order chi connectivity index (χ0) is 11.5. The Labute approximate surface area is 92.4 Å². The Morgan fingerprint density at radius 1 is 1.62 bits per heavy atom. The molecule has 0 spiro atoms. The van der Waals surface area contributed by atoms with Gasteiger partial charge in [0.1, 0.15) is 5.78 Å². The first-order valence-corrected chi connectivity index (χ1v) is 5.37. The number of nitrogens with zero attached hydrogens (tertiary/aromatic N) is 3. The van der Waals surface area contributed by atoms with E-state index in [0.717, 1.165) is 19.3 Å². The molecule has 6 nitrogen and oxygen atoms in total. The summed E-state index contributed by atoms with van der Waals surface area (Å²) in [6, 6.07) is 1.37. The van der Waals surface area contributed by atoms with E-state index >= 15 is 0 Å². The highest BCUT2D eigenvalue weighted by Gasteiger charge is 2.24. The number of aryl methyl sites for hydroxylation is 1. The van der Waals surface area contributed by atoms with Crippen LogP contribution in [0.4, 0.5) is 5.82 Å². The fraction of sp³-hybridized carbons (Fsp3) is 0.600. The third kappa shape index (κ3) is 2.26. The van der Waals surface area contributed by atoms with Crippen molar-refractivity contribution in [1.29, 1.82) is 0 Å². The first-order chi connectivity index (χ1) is 7.66. The van der Waals surface area contributed by atoms with Crippen LogP contribution in [-0.4, -0.2) is 20.5 Å². The van der Waals surface area contributed by atoms with Crippen LogP contribution in [0.5, 0.6) is 0 Å². The summed E-state index contributed by atoms with van der Waals surface area (Å²) in [5.41, 5.74) is 0. The number of hydrogen-bond acceptors (Lipinski definition) is 4. The fourth-order valence-corrected chi connectivity index (χ4v) is 2.05. The van der Waals surface area contributed by atoms with Gasteiger partial charge in [-0.1, -0.05) is 0 Å². The molecule has 86 valence electrons. The predicted molar refractivity (Wildman–Crippen MR) is 55.8 cm³/mol. The molecule has 0 amide bonds. The molecule has 0 bridgehead atoms. The molecule has 1 unspecified atom stereocenters. The number of hydrogen-bond donors (Lipinski definition) is 0. The second-order valence-electron chi connectivity index (χ2n) is 4.04. The van der Waals surface area contributed by atoms with Crippen LogP contribution in [0.25, 0.3) is 0 Å². The highest BCUT2D eigenvalue weighted by Crippen LogP contribution is 2.24. The SMILES string of the molecule is O=C1CCCC1CCn1ccc([N+](=O)[O-])n1. The van der Waals surface area contributed by atoms with Crippen molar-refractivity contribution < 1.29 is 9.72 Å². The largest absolute Gasteiger partial charge is 0.389 e. The maximum absolute atomic E-state index is 11.4. The molecule has 0 aliphatic heterocycles.